The van der Waals surface area contributed by atoms with E-state index >= 15 is 0 Å². The van der Waals surface area contributed by atoms with E-state index in [1.54, 1.807) is 18.2 Å². The summed E-state index contributed by atoms with van der Waals surface area (Å²) in [5.74, 6) is -0.151. The van der Waals surface area contributed by atoms with E-state index in [9.17, 15) is 13.2 Å². The average molecular weight is 381 g/mol. The van der Waals surface area contributed by atoms with E-state index in [2.05, 4.69) is 10.2 Å². The minimum absolute atomic E-state index is 0.0977. The molecule has 2 heterocycles. The Morgan fingerprint density at radius 1 is 1.19 bits per heavy atom. The lowest BCUT2D eigenvalue weighted by Crippen LogP contribution is -2.48. The van der Waals surface area contributed by atoms with Crippen LogP contribution in [0.25, 0.3) is 0 Å². The Morgan fingerprint density at radius 2 is 1.85 bits per heavy atom. The summed E-state index contributed by atoms with van der Waals surface area (Å²) in [6.07, 6.45) is 1.99. The molecule has 1 aromatic carbocycles. The average Bonchev–Trinajstić information content (AvgIpc) is 3.09. The van der Waals surface area contributed by atoms with Gasteiger partial charge in [0.25, 0.3) is 0 Å². The van der Waals surface area contributed by atoms with Crippen LogP contribution in [0.4, 0.5) is 5.69 Å². The van der Waals surface area contributed by atoms with Crippen molar-refractivity contribution in [3.63, 3.8) is 0 Å². The molecule has 8 heteroatoms. The zero-order valence-corrected chi connectivity index (χ0v) is 16.2. The van der Waals surface area contributed by atoms with Crippen molar-refractivity contribution in [1.82, 2.24) is 9.21 Å². The molecule has 0 bridgehead atoms. The molecule has 2 aliphatic heterocycles. The number of hydrogen-bond donors (Lipinski definition) is 1. The van der Waals surface area contributed by atoms with Gasteiger partial charge in [0.15, 0.2) is 0 Å². The Kier molecular flexibility index (Phi) is 5.96. The molecule has 0 saturated carbocycles. The molecule has 2 aliphatic rings. The number of carbonyl (C=O) groups excluding carboxylic acids is 1. The van der Waals surface area contributed by atoms with Gasteiger partial charge in [-0.15, -0.1) is 0 Å². The largest absolute Gasteiger partial charge is 0.373 e. The van der Waals surface area contributed by atoms with Crippen molar-refractivity contribution >= 4 is 21.6 Å². The van der Waals surface area contributed by atoms with Gasteiger partial charge in [0.1, 0.15) is 0 Å². The van der Waals surface area contributed by atoms with Crippen molar-refractivity contribution in [1.29, 1.82) is 0 Å². The van der Waals surface area contributed by atoms with Crippen LogP contribution in [0.2, 0.25) is 0 Å². The Bertz CT molecular complexity index is 737. The lowest BCUT2D eigenvalue weighted by atomic mass is 10.2. The predicted molar refractivity (Wildman–Crippen MR) is 99.5 cm³/mol. The number of anilines is 1. The molecule has 2 fully saturated rings. The molecule has 26 heavy (non-hydrogen) atoms. The van der Waals surface area contributed by atoms with Crippen LogP contribution in [0, 0.1) is 0 Å². The molecule has 1 amide bonds. The Balaban J connectivity index is 1.64. The van der Waals surface area contributed by atoms with Crippen molar-refractivity contribution in [2.75, 3.05) is 38.0 Å². The molecule has 0 aliphatic carbocycles. The van der Waals surface area contributed by atoms with Gasteiger partial charge in [0.05, 0.1) is 23.6 Å². The Morgan fingerprint density at radius 3 is 2.50 bits per heavy atom. The second kappa shape index (κ2) is 8.04. The molecule has 0 aromatic heterocycles. The van der Waals surface area contributed by atoms with Gasteiger partial charge in [-0.2, -0.15) is 4.31 Å². The fourth-order valence-electron chi connectivity index (χ4n) is 3.63. The monoisotopic (exact) mass is 381 g/mol. The van der Waals surface area contributed by atoms with Gasteiger partial charge in [-0.3, -0.25) is 9.69 Å². The Labute approximate surface area is 155 Å². The fourth-order valence-corrected chi connectivity index (χ4v) is 5.19. The summed E-state index contributed by atoms with van der Waals surface area (Å²) < 4.78 is 32.5. The first-order valence-electron chi connectivity index (χ1n) is 9.12. The predicted octanol–water partition coefficient (Wildman–Crippen LogP) is 1.52. The van der Waals surface area contributed by atoms with Gasteiger partial charge in [0.2, 0.25) is 15.9 Å². The van der Waals surface area contributed by atoms with E-state index in [1.807, 2.05) is 13.8 Å². The van der Waals surface area contributed by atoms with Gasteiger partial charge >= 0.3 is 0 Å². The molecule has 7 nitrogen and oxygen atoms in total. The zero-order chi connectivity index (χ0) is 18.7. The van der Waals surface area contributed by atoms with E-state index in [0.29, 0.717) is 31.9 Å². The number of nitrogens with zero attached hydrogens (tertiary/aromatic N) is 2. The molecule has 2 atom stereocenters. The van der Waals surface area contributed by atoms with E-state index in [4.69, 9.17) is 4.74 Å². The van der Waals surface area contributed by atoms with Crippen LogP contribution < -0.4 is 5.32 Å². The highest BCUT2D eigenvalue weighted by atomic mass is 32.2. The maximum atomic E-state index is 12.7. The van der Waals surface area contributed by atoms with E-state index in [1.165, 1.54) is 10.4 Å². The molecule has 144 valence electrons. The number of ether oxygens (including phenoxy) is 1. The van der Waals surface area contributed by atoms with Crippen LogP contribution in [0.15, 0.2) is 29.2 Å². The van der Waals surface area contributed by atoms with Gasteiger partial charge in [-0.05, 0) is 44.9 Å². The number of benzene rings is 1. The molecule has 3 rings (SSSR count). The highest BCUT2D eigenvalue weighted by molar-refractivity contribution is 7.89. The van der Waals surface area contributed by atoms with Crippen molar-refractivity contribution in [2.24, 2.45) is 0 Å². The molecule has 1 N–H and O–H groups in total. The quantitative estimate of drug-likeness (QED) is 0.837. The standard InChI is InChI=1S/C18H27N3O4S/c1-14-11-20(12-15(2)25-14)13-18(22)19-16-6-5-7-17(10-16)26(23,24)21-8-3-4-9-21/h5-7,10,14-15H,3-4,8-9,11-13H2,1-2H3,(H,19,22)/t14-,15-/m0/s1. The number of carbonyl (C=O) groups is 1. The maximum absolute atomic E-state index is 12.7. The van der Waals surface area contributed by atoms with Crippen molar-refractivity contribution in [3.05, 3.63) is 24.3 Å². The summed E-state index contributed by atoms with van der Waals surface area (Å²) in [6.45, 7) is 6.79. The summed E-state index contributed by atoms with van der Waals surface area (Å²) in [5, 5.41) is 2.82. The third-order valence-electron chi connectivity index (χ3n) is 4.68. The lowest BCUT2D eigenvalue weighted by molar-refractivity contribution is -0.121. The van der Waals surface area contributed by atoms with Crippen LogP contribution in [-0.2, 0) is 19.6 Å². The number of rotatable bonds is 5. The fraction of sp³-hybridized carbons (Fsp3) is 0.611. The Hall–Kier alpha value is -1.48. The van der Waals surface area contributed by atoms with Crippen LogP contribution in [-0.4, -0.2) is 68.5 Å². The van der Waals surface area contributed by atoms with E-state index in [-0.39, 0.29) is 29.6 Å². The maximum Gasteiger partial charge on any atom is 0.243 e. The van der Waals surface area contributed by atoms with E-state index < -0.39 is 10.0 Å². The van der Waals surface area contributed by atoms with Crippen molar-refractivity contribution in [2.45, 2.75) is 43.8 Å². The number of morpholine rings is 1. The topological polar surface area (TPSA) is 79.0 Å². The normalized spacial score (nSPS) is 25.3. The number of hydrogen-bond acceptors (Lipinski definition) is 5. The second-order valence-electron chi connectivity index (χ2n) is 7.14. The van der Waals surface area contributed by atoms with Crippen molar-refractivity contribution in [3.8, 4) is 0 Å². The van der Waals surface area contributed by atoms with Gasteiger partial charge in [0, 0.05) is 31.9 Å². The van der Waals surface area contributed by atoms with Crippen LogP contribution >= 0.6 is 0 Å². The molecule has 0 unspecified atom stereocenters. The van der Waals surface area contributed by atoms with E-state index in [0.717, 1.165) is 12.8 Å². The number of sulfonamides is 1. The SMILES string of the molecule is C[C@H]1CN(CC(=O)Nc2cccc(S(=O)(=O)N3CCCC3)c2)C[C@H](C)O1. The molecular formula is C18H27N3O4S. The first-order chi connectivity index (χ1) is 12.3. The second-order valence-corrected chi connectivity index (χ2v) is 9.08. The highest BCUT2D eigenvalue weighted by Crippen LogP contribution is 2.23. The molecule has 2 saturated heterocycles. The third-order valence-corrected chi connectivity index (χ3v) is 6.58. The number of amides is 1. The summed E-state index contributed by atoms with van der Waals surface area (Å²) in [6, 6.07) is 6.49. The lowest BCUT2D eigenvalue weighted by Gasteiger charge is -2.34. The van der Waals surface area contributed by atoms with Crippen LogP contribution in [0.5, 0.6) is 0 Å². The first-order valence-corrected chi connectivity index (χ1v) is 10.6. The molecule has 1 aromatic rings. The molecule has 0 radical (unpaired) electrons. The van der Waals surface area contributed by atoms with Crippen LogP contribution in [0.1, 0.15) is 26.7 Å². The smallest absolute Gasteiger partial charge is 0.243 e. The minimum atomic E-state index is -3.48. The minimum Gasteiger partial charge on any atom is -0.373 e. The van der Waals surface area contributed by atoms with Crippen LogP contribution in [0.3, 0.4) is 0 Å². The third kappa shape index (κ3) is 4.62. The summed E-state index contributed by atoms with van der Waals surface area (Å²) in [5.41, 5.74) is 0.504. The number of nitrogens with one attached hydrogen (secondary N) is 1. The van der Waals surface area contributed by atoms with Gasteiger partial charge in [-0.1, -0.05) is 6.07 Å². The van der Waals surface area contributed by atoms with Crippen molar-refractivity contribution < 1.29 is 17.9 Å². The van der Waals surface area contributed by atoms with Gasteiger partial charge in [-0.25, -0.2) is 8.42 Å². The summed E-state index contributed by atoms with van der Waals surface area (Å²) in [4.78, 5) is 14.6. The molecule has 0 spiro atoms. The molecular weight excluding hydrogens is 354 g/mol. The van der Waals surface area contributed by atoms with Gasteiger partial charge < -0.3 is 10.1 Å². The first kappa shape index (κ1) is 19.3. The highest BCUT2D eigenvalue weighted by Gasteiger charge is 2.27. The summed E-state index contributed by atoms with van der Waals surface area (Å²) in [7, 11) is -3.48. The summed E-state index contributed by atoms with van der Waals surface area (Å²) >= 11 is 0. The zero-order valence-electron chi connectivity index (χ0n) is 15.3.